The number of aromatic nitrogens is 1. The summed E-state index contributed by atoms with van der Waals surface area (Å²) >= 11 is 0. The second kappa shape index (κ2) is 9.40. The van der Waals surface area contributed by atoms with E-state index in [1.54, 1.807) is 17.0 Å². The van der Waals surface area contributed by atoms with Gasteiger partial charge in [0.15, 0.2) is 0 Å². The molecule has 2 N–H and O–H groups in total. The number of amides is 2. The Labute approximate surface area is 164 Å². The predicted molar refractivity (Wildman–Crippen MR) is 101 cm³/mol. The monoisotopic (exact) mass is 386 g/mol. The molecule has 0 radical (unpaired) electrons. The number of pyridine rings is 1. The lowest BCUT2D eigenvalue weighted by Crippen LogP contribution is -2.50. The second-order valence-electron chi connectivity index (χ2n) is 7.59. The molecule has 1 aromatic heterocycles. The highest BCUT2D eigenvalue weighted by molar-refractivity contribution is 5.75. The molecule has 1 aliphatic heterocycles. The molecule has 2 aliphatic rings. The van der Waals surface area contributed by atoms with Gasteiger partial charge in [-0.05, 0) is 50.5 Å². The Morgan fingerprint density at radius 3 is 2.71 bits per heavy atom. The molecule has 1 unspecified atom stereocenters. The highest BCUT2D eigenvalue weighted by Gasteiger charge is 2.28. The molecule has 0 aromatic carbocycles. The molecule has 1 aromatic rings. The highest BCUT2D eigenvalue weighted by Crippen LogP contribution is 2.24. The van der Waals surface area contributed by atoms with Gasteiger partial charge in [0.2, 0.25) is 5.88 Å². The number of carboxylic acid groups (broad SMARTS) is 1. The van der Waals surface area contributed by atoms with Crippen molar-refractivity contribution in [2.24, 2.45) is 5.92 Å². The van der Waals surface area contributed by atoms with E-state index >= 15 is 0 Å². The molecule has 1 saturated heterocycles. The van der Waals surface area contributed by atoms with Gasteiger partial charge in [0, 0.05) is 37.8 Å². The summed E-state index contributed by atoms with van der Waals surface area (Å²) in [6.45, 7) is 1.20. The number of aliphatic carboxylic acids is 1. The molecule has 8 nitrogen and oxygen atoms in total. The molecule has 3 rings (SSSR count). The Morgan fingerprint density at radius 2 is 2.07 bits per heavy atom. The highest BCUT2D eigenvalue weighted by atomic mass is 16.5. The predicted octanol–water partition coefficient (Wildman–Crippen LogP) is 2.54. The fourth-order valence-electron chi connectivity index (χ4n) is 3.94. The summed E-state index contributed by atoms with van der Waals surface area (Å²) in [5.41, 5.74) is 0.502. The van der Waals surface area contributed by atoms with Gasteiger partial charge in [-0.2, -0.15) is 5.26 Å². The number of piperidine rings is 1. The molecule has 2 fully saturated rings. The summed E-state index contributed by atoms with van der Waals surface area (Å²) in [6, 6.07) is 5.44. The number of carbonyl (C=O) groups is 2. The first-order valence-electron chi connectivity index (χ1n) is 9.83. The van der Waals surface area contributed by atoms with E-state index < -0.39 is 5.97 Å². The van der Waals surface area contributed by atoms with Gasteiger partial charge in [0.25, 0.3) is 0 Å². The Hall–Kier alpha value is -2.82. The van der Waals surface area contributed by atoms with Crippen LogP contribution in [0.5, 0.6) is 5.88 Å². The number of nitrogens with zero attached hydrogens (tertiary/aromatic N) is 3. The van der Waals surface area contributed by atoms with Crippen molar-refractivity contribution in [3.8, 4) is 11.9 Å². The van der Waals surface area contributed by atoms with Crippen molar-refractivity contribution in [3.05, 3.63) is 23.9 Å². The number of ether oxygens (including phenoxy) is 1. The average molecular weight is 386 g/mol. The summed E-state index contributed by atoms with van der Waals surface area (Å²) in [6.07, 6.45) is 6.71. The van der Waals surface area contributed by atoms with Gasteiger partial charge in [-0.1, -0.05) is 0 Å². The fraction of sp³-hybridized carbons (Fsp3) is 0.600. The minimum Gasteiger partial charge on any atom is -0.481 e. The van der Waals surface area contributed by atoms with Crippen molar-refractivity contribution in [3.63, 3.8) is 0 Å². The first-order chi connectivity index (χ1) is 13.5. The number of urea groups is 1. The zero-order valence-electron chi connectivity index (χ0n) is 15.8. The number of carbonyl (C=O) groups excluding carboxylic acids is 1. The molecule has 1 atom stereocenters. The quantitative estimate of drug-likeness (QED) is 0.803. The lowest BCUT2D eigenvalue weighted by Gasteiger charge is -2.35. The van der Waals surface area contributed by atoms with Gasteiger partial charge < -0.3 is 20.1 Å². The number of nitriles is 1. The minimum atomic E-state index is -0.803. The van der Waals surface area contributed by atoms with E-state index in [1.165, 1.54) is 6.20 Å². The van der Waals surface area contributed by atoms with E-state index in [9.17, 15) is 9.59 Å². The molecule has 8 heteroatoms. The summed E-state index contributed by atoms with van der Waals surface area (Å²) in [5, 5.41) is 20.9. The summed E-state index contributed by atoms with van der Waals surface area (Å²) in [7, 11) is 0. The van der Waals surface area contributed by atoms with Crippen LogP contribution in [-0.4, -0.2) is 52.2 Å². The molecular weight excluding hydrogens is 360 g/mol. The zero-order valence-corrected chi connectivity index (χ0v) is 15.8. The van der Waals surface area contributed by atoms with E-state index in [1.807, 2.05) is 6.07 Å². The van der Waals surface area contributed by atoms with Crippen LogP contribution in [0.2, 0.25) is 0 Å². The van der Waals surface area contributed by atoms with Gasteiger partial charge in [-0.15, -0.1) is 0 Å². The van der Waals surface area contributed by atoms with Gasteiger partial charge in [0.05, 0.1) is 5.56 Å². The molecule has 0 spiro atoms. The molecule has 28 heavy (non-hydrogen) atoms. The molecule has 2 amide bonds. The van der Waals surface area contributed by atoms with Crippen molar-refractivity contribution >= 4 is 12.0 Å². The van der Waals surface area contributed by atoms with Crippen molar-refractivity contribution in [2.45, 2.75) is 57.1 Å². The van der Waals surface area contributed by atoms with Crippen LogP contribution in [0.15, 0.2) is 18.3 Å². The van der Waals surface area contributed by atoms with E-state index in [4.69, 9.17) is 15.1 Å². The maximum absolute atomic E-state index is 12.5. The Balaban J connectivity index is 1.41. The summed E-state index contributed by atoms with van der Waals surface area (Å²) < 4.78 is 5.88. The van der Waals surface area contributed by atoms with E-state index in [0.717, 1.165) is 38.5 Å². The third-order valence-corrected chi connectivity index (χ3v) is 5.42. The van der Waals surface area contributed by atoms with Gasteiger partial charge in [-0.3, -0.25) is 4.79 Å². The van der Waals surface area contributed by atoms with Crippen LogP contribution in [0.1, 0.15) is 50.5 Å². The van der Waals surface area contributed by atoms with Crippen LogP contribution in [0.25, 0.3) is 0 Å². The number of hydrogen-bond acceptors (Lipinski definition) is 5. The first-order valence-corrected chi connectivity index (χ1v) is 9.83. The molecule has 0 bridgehead atoms. The van der Waals surface area contributed by atoms with Crippen LogP contribution in [-0.2, 0) is 4.79 Å². The van der Waals surface area contributed by atoms with Gasteiger partial charge in [0.1, 0.15) is 12.2 Å². The minimum absolute atomic E-state index is 0.0426. The Bertz CT molecular complexity index is 723. The number of likely N-dealkylation sites (tertiary alicyclic amines) is 1. The number of carboxylic acids is 1. The topological polar surface area (TPSA) is 116 Å². The van der Waals surface area contributed by atoms with Crippen molar-refractivity contribution < 1.29 is 19.4 Å². The number of hydrogen-bond donors (Lipinski definition) is 2. The first kappa shape index (κ1) is 19.9. The zero-order chi connectivity index (χ0) is 19.9. The maximum atomic E-state index is 12.5. The largest absolute Gasteiger partial charge is 0.481 e. The molecule has 1 aliphatic carbocycles. The summed E-state index contributed by atoms with van der Waals surface area (Å²) in [5.74, 6) is -0.243. The molecule has 150 valence electrons. The lowest BCUT2D eigenvalue weighted by molar-refractivity contribution is -0.138. The standard InChI is InChI=1S/C20H26N4O4/c21-11-15-3-8-18(22-12-15)28-17-6-4-16(5-7-17)23-20(27)24-9-1-2-14(13-24)10-19(25)26/h3,8,12,14,16-17H,1-2,4-7,9-10,13H2,(H,23,27)(H,25,26). The maximum Gasteiger partial charge on any atom is 0.317 e. The van der Waals surface area contributed by atoms with E-state index in [2.05, 4.69) is 10.3 Å². The van der Waals surface area contributed by atoms with E-state index in [0.29, 0.717) is 24.5 Å². The van der Waals surface area contributed by atoms with Crippen LogP contribution < -0.4 is 10.1 Å². The van der Waals surface area contributed by atoms with Crippen LogP contribution in [0, 0.1) is 17.2 Å². The average Bonchev–Trinajstić information content (AvgIpc) is 2.70. The molecule has 2 heterocycles. The van der Waals surface area contributed by atoms with Crippen molar-refractivity contribution in [2.75, 3.05) is 13.1 Å². The van der Waals surface area contributed by atoms with Crippen LogP contribution >= 0.6 is 0 Å². The number of rotatable bonds is 5. The Morgan fingerprint density at radius 1 is 1.29 bits per heavy atom. The van der Waals surface area contributed by atoms with E-state index in [-0.39, 0.29) is 30.5 Å². The number of nitrogens with one attached hydrogen (secondary N) is 1. The second-order valence-corrected chi connectivity index (χ2v) is 7.59. The van der Waals surface area contributed by atoms with Crippen LogP contribution in [0.4, 0.5) is 4.79 Å². The SMILES string of the molecule is N#Cc1ccc(OC2CCC(NC(=O)N3CCCC(CC(=O)O)C3)CC2)nc1. The van der Waals surface area contributed by atoms with Gasteiger partial charge >= 0.3 is 12.0 Å². The fourth-order valence-corrected chi connectivity index (χ4v) is 3.94. The Kier molecular flexibility index (Phi) is 6.69. The third-order valence-electron chi connectivity index (χ3n) is 5.42. The summed E-state index contributed by atoms with van der Waals surface area (Å²) in [4.78, 5) is 29.3. The van der Waals surface area contributed by atoms with Crippen molar-refractivity contribution in [1.29, 1.82) is 5.26 Å². The molecule has 1 saturated carbocycles. The van der Waals surface area contributed by atoms with Crippen LogP contribution in [0.3, 0.4) is 0 Å². The van der Waals surface area contributed by atoms with Gasteiger partial charge in [-0.25, -0.2) is 9.78 Å². The third kappa shape index (κ3) is 5.59. The smallest absolute Gasteiger partial charge is 0.317 e. The lowest BCUT2D eigenvalue weighted by atomic mass is 9.92. The molecular formula is C20H26N4O4. The normalized spacial score (nSPS) is 24.8. The van der Waals surface area contributed by atoms with Crippen molar-refractivity contribution in [1.82, 2.24) is 15.2 Å².